The molecular weight excluding hydrogens is 717 g/mol. The number of imidazole rings is 2. The smallest absolute Gasteiger partial charge is 0.0991 e. The molecule has 11 rings (SSSR count). The number of fused-ring (bicyclic) bond motifs is 8. The second kappa shape index (κ2) is 13.8. The monoisotopic (exact) mass is 748 g/mol. The molecule has 0 spiro atoms. The van der Waals surface area contributed by atoms with E-state index in [4.69, 9.17) is 9.97 Å². The van der Waals surface area contributed by atoms with E-state index in [0.717, 1.165) is 101 Å². The van der Waals surface area contributed by atoms with Crippen LogP contribution < -0.4 is 0 Å². The molecule has 0 aliphatic carbocycles. The molecule has 0 amide bonds. The number of rotatable bonds is 6. The molecule has 7 aromatic heterocycles. The van der Waals surface area contributed by atoms with Crippen LogP contribution in [0.2, 0.25) is 0 Å². The first-order valence-electron chi connectivity index (χ1n) is 18.9. The van der Waals surface area contributed by atoms with E-state index in [9.17, 15) is 0 Å². The zero-order chi connectivity index (χ0) is 38.4. The molecule has 0 atom stereocenters. The van der Waals surface area contributed by atoms with Gasteiger partial charge >= 0.3 is 0 Å². The van der Waals surface area contributed by atoms with Crippen molar-refractivity contribution in [1.82, 2.24) is 49.0 Å². The number of nitrogens with one attached hydrogen (secondary N) is 2. The van der Waals surface area contributed by atoms with E-state index in [1.807, 2.05) is 70.6 Å². The summed E-state index contributed by atoms with van der Waals surface area (Å²) < 4.78 is 3.99. The second-order valence-electron chi connectivity index (χ2n) is 14.0. The maximum Gasteiger partial charge on any atom is 0.0991 e. The van der Waals surface area contributed by atoms with Gasteiger partial charge in [0, 0.05) is 105 Å². The maximum absolute atomic E-state index is 5.40. The Hall–Kier alpha value is -8.24. The Bertz CT molecular complexity index is 2960. The first-order chi connectivity index (χ1) is 28.7. The molecule has 8 bridgehead atoms. The van der Waals surface area contributed by atoms with Gasteiger partial charge in [-0.3, -0.25) is 9.97 Å². The fourth-order valence-corrected chi connectivity index (χ4v) is 7.88. The minimum absolute atomic E-state index is 0.838. The van der Waals surface area contributed by atoms with Crippen molar-refractivity contribution in [2.45, 2.75) is 0 Å². The SMILES string of the molecule is C1=Cc2nc1c(-c1ccncc1)c1ccc([nH]1)c(-c1ccc(-n3ccnc3)cc1)c1nc(c(-c3ccncc3)c3ccc([nH]3)c2-c2ccc(-n3ccnc3)cc2)C=C1. The summed E-state index contributed by atoms with van der Waals surface area (Å²) in [5, 5.41) is 0. The molecule has 0 saturated carbocycles. The summed E-state index contributed by atoms with van der Waals surface area (Å²) in [5.41, 5.74) is 17.0. The molecule has 10 nitrogen and oxygen atoms in total. The zero-order valence-corrected chi connectivity index (χ0v) is 30.9. The van der Waals surface area contributed by atoms with Crippen LogP contribution in [0.15, 0.2) is 159 Å². The summed E-state index contributed by atoms with van der Waals surface area (Å²) in [4.78, 5) is 35.6. The number of H-pyrrole nitrogens is 2. The number of benzene rings is 2. The van der Waals surface area contributed by atoms with E-state index >= 15 is 0 Å². The van der Waals surface area contributed by atoms with E-state index in [0.29, 0.717) is 0 Å². The Morgan fingerprint density at radius 2 is 0.655 bits per heavy atom. The third kappa shape index (κ3) is 5.84. The standard InChI is InChI=1S/C48H32N10/c1-5-35(57-27-25-51-29-57)6-2-31(1)45-37-9-13-41(53-37)47(33-17-21-49-22-18-33)43-15-11-39(55-43)46(32-3-7-36(8-4-32)58-28-26-52-30-58)40-12-16-44(56-40)48(34-19-23-50-24-20-34)42-14-10-38(45)54-42/h1-30,53,56H. The molecule has 2 aliphatic heterocycles. The number of hydrogen-bond acceptors (Lipinski definition) is 6. The third-order valence-corrected chi connectivity index (χ3v) is 10.6. The Kier molecular flexibility index (Phi) is 7.88. The summed E-state index contributed by atoms with van der Waals surface area (Å²) in [5.74, 6) is 0. The van der Waals surface area contributed by atoms with Gasteiger partial charge in [0.15, 0.2) is 0 Å². The lowest BCUT2D eigenvalue weighted by molar-refractivity contribution is 1.06. The van der Waals surface area contributed by atoms with Crippen molar-refractivity contribution in [3.63, 3.8) is 0 Å². The third-order valence-electron chi connectivity index (χ3n) is 10.6. The summed E-state index contributed by atoms with van der Waals surface area (Å²) in [6, 6.07) is 33.6. The van der Waals surface area contributed by atoms with Gasteiger partial charge < -0.3 is 19.1 Å². The highest BCUT2D eigenvalue weighted by Gasteiger charge is 2.19. The minimum Gasteiger partial charge on any atom is -0.354 e. The number of aromatic amines is 2. The van der Waals surface area contributed by atoms with Gasteiger partial charge in [-0.1, -0.05) is 24.3 Å². The van der Waals surface area contributed by atoms with Crippen molar-refractivity contribution in [2.75, 3.05) is 0 Å². The molecular formula is C48H32N10. The molecule has 58 heavy (non-hydrogen) atoms. The van der Waals surface area contributed by atoms with Crippen molar-refractivity contribution in [3.8, 4) is 55.9 Å². The van der Waals surface area contributed by atoms with Gasteiger partial charge in [0.05, 0.1) is 35.4 Å². The van der Waals surface area contributed by atoms with Crippen molar-refractivity contribution in [2.24, 2.45) is 0 Å². The fraction of sp³-hybridized carbons (Fsp3) is 0. The lowest BCUT2D eigenvalue weighted by atomic mass is 10.0. The van der Waals surface area contributed by atoms with Crippen LogP contribution in [0.5, 0.6) is 0 Å². The van der Waals surface area contributed by atoms with Gasteiger partial charge in [-0.05, 0) is 119 Å². The van der Waals surface area contributed by atoms with E-state index in [-0.39, 0.29) is 0 Å². The van der Waals surface area contributed by atoms with Gasteiger partial charge in [0.1, 0.15) is 0 Å². The minimum atomic E-state index is 0.838. The van der Waals surface area contributed by atoms with Crippen molar-refractivity contribution < 1.29 is 0 Å². The van der Waals surface area contributed by atoms with Crippen LogP contribution >= 0.6 is 0 Å². The van der Waals surface area contributed by atoms with Crippen molar-refractivity contribution in [1.29, 1.82) is 0 Å². The van der Waals surface area contributed by atoms with E-state index < -0.39 is 0 Å². The first kappa shape index (κ1) is 33.1. The quantitative estimate of drug-likeness (QED) is 0.175. The van der Waals surface area contributed by atoms with Crippen LogP contribution in [0.3, 0.4) is 0 Å². The Labute approximate surface area is 332 Å². The van der Waals surface area contributed by atoms with Gasteiger partial charge in [0.25, 0.3) is 0 Å². The van der Waals surface area contributed by atoms with Crippen LogP contribution in [-0.4, -0.2) is 49.0 Å². The van der Waals surface area contributed by atoms with Crippen molar-refractivity contribution >= 4 is 46.4 Å². The Morgan fingerprint density at radius 3 is 0.966 bits per heavy atom. The first-order valence-corrected chi connectivity index (χ1v) is 18.9. The molecule has 2 N–H and O–H groups in total. The summed E-state index contributed by atoms with van der Waals surface area (Å²) in [6.45, 7) is 0. The summed E-state index contributed by atoms with van der Waals surface area (Å²) >= 11 is 0. The average Bonchev–Trinajstić information content (AvgIpc) is 4.13. The molecule has 2 aliphatic rings. The molecule has 9 heterocycles. The predicted molar refractivity (Wildman–Crippen MR) is 230 cm³/mol. The lowest BCUT2D eigenvalue weighted by Crippen LogP contribution is -1.92. The molecule has 0 fully saturated rings. The number of hydrogen-bond donors (Lipinski definition) is 2. The highest BCUT2D eigenvalue weighted by molar-refractivity contribution is 5.99. The van der Waals surface area contributed by atoms with E-state index in [1.54, 1.807) is 25.0 Å². The maximum atomic E-state index is 5.40. The average molecular weight is 749 g/mol. The lowest BCUT2D eigenvalue weighted by Gasteiger charge is -2.08. The Balaban J connectivity index is 1.24. The molecule has 9 aromatic rings. The normalized spacial score (nSPS) is 12.0. The second-order valence-corrected chi connectivity index (χ2v) is 14.0. The zero-order valence-electron chi connectivity index (χ0n) is 30.9. The van der Waals surface area contributed by atoms with Gasteiger partial charge in [-0.25, -0.2) is 19.9 Å². The summed E-state index contributed by atoms with van der Waals surface area (Å²) in [7, 11) is 0. The van der Waals surface area contributed by atoms with Crippen LogP contribution in [0, 0.1) is 0 Å². The highest BCUT2D eigenvalue weighted by atomic mass is 15.0. The van der Waals surface area contributed by atoms with Gasteiger partial charge in [0.2, 0.25) is 0 Å². The summed E-state index contributed by atoms with van der Waals surface area (Å²) in [6.07, 6.45) is 26.8. The largest absolute Gasteiger partial charge is 0.354 e. The molecule has 274 valence electrons. The number of aromatic nitrogens is 10. The van der Waals surface area contributed by atoms with Crippen LogP contribution in [-0.2, 0) is 0 Å². The topological polar surface area (TPSA) is 119 Å². The molecule has 0 saturated heterocycles. The highest BCUT2D eigenvalue weighted by Crippen LogP contribution is 2.38. The van der Waals surface area contributed by atoms with Crippen LogP contribution in [0.4, 0.5) is 0 Å². The van der Waals surface area contributed by atoms with Gasteiger partial charge in [-0.15, -0.1) is 0 Å². The molecule has 0 radical (unpaired) electrons. The molecule has 10 heteroatoms. The number of nitrogens with zero attached hydrogens (tertiary/aromatic N) is 8. The van der Waals surface area contributed by atoms with E-state index in [1.165, 1.54) is 0 Å². The van der Waals surface area contributed by atoms with Crippen molar-refractivity contribution in [3.05, 3.63) is 182 Å². The van der Waals surface area contributed by atoms with Crippen LogP contribution in [0.25, 0.3) is 102 Å². The number of pyridine rings is 2. The predicted octanol–water partition coefficient (Wildman–Crippen LogP) is 10.5. The molecule has 0 unspecified atom stereocenters. The van der Waals surface area contributed by atoms with Crippen LogP contribution in [0.1, 0.15) is 22.8 Å². The molecule has 2 aromatic carbocycles. The van der Waals surface area contributed by atoms with E-state index in [2.05, 4.69) is 127 Å². The van der Waals surface area contributed by atoms with Gasteiger partial charge in [-0.2, -0.15) is 0 Å². The Morgan fingerprint density at radius 1 is 0.328 bits per heavy atom. The fourth-order valence-electron chi connectivity index (χ4n) is 7.88.